The lowest BCUT2D eigenvalue weighted by Crippen LogP contribution is -2.51. The molecule has 10 nitrogen and oxygen atoms in total. The highest BCUT2D eigenvalue weighted by Gasteiger charge is 2.31. The number of carbonyl (C=O) groups is 1. The van der Waals surface area contributed by atoms with Crippen LogP contribution >= 0.6 is 0 Å². The van der Waals surface area contributed by atoms with Gasteiger partial charge in [0.25, 0.3) is 0 Å². The SMILES string of the molecule is COC1CN(Cc2ccc(Cc3nccc(-c4ccc(O[C@@H]5CCN(C(=O)OC(C)(C)C)C5)c(C#N)c4)n3)cn2)C1. The van der Waals surface area contributed by atoms with Gasteiger partial charge in [0.1, 0.15) is 29.3 Å². The number of pyridine rings is 1. The number of amides is 1. The Bertz CT molecular complexity index is 1410. The van der Waals surface area contributed by atoms with Gasteiger partial charge in [-0.1, -0.05) is 6.07 Å². The number of methoxy groups -OCH3 is 1. The third-order valence-electron chi connectivity index (χ3n) is 7.08. The second-order valence-corrected chi connectivity index (χ2v) is 11.5. The molecule has 2 aromatic heterocycles. The fraction of sp³-hybridized carbons (Fsp3) is 0.452. The predicted molar refractivity (Wildman–Crippen MR) is 152 cm³/mol. The number of likely N-dealkylation sites (tertiary alicyclic amines) is 2. The van der Waals surface area contributed by atoms with Gasteiger partial charge in [0.2, 0.25) is 0 Å². The molecule has 0 N–H and O–H groups in total. The largest absolute Gasteiger partial charge is 0.487 e. The molecule has 2 fully saturated rings. The lowest BCUT2D eigenvalue weighted by atomic mass is 10.1. The molecule has 1 atom stereocenters. The van der Waals surface area contributed by atoms with Crippen LogP contribution in [0.1, 0.15) is 49.8 Å². The molecule has 41 heavy (non-hydrogen) atoms. The van der Waals surface area contributed by atoms with Gasteiger partial charge in [0.15, 0.2) is 0 Å². The van der Waals surface area contributed by atoms with Gasteiger partial charge in [0.05, 0.1) is 29.6 Å². The van der Waals surface area contributed by atoms with Crippen LogP contribution in [0.15, 0.2) is 48.8 Å². The van der Waals surface area contributed by atoms with Crippen molar-refractivity contribution >= 4 is 6.09 Å². The molecule has 1 aromatic carbocycles. The number of nitrogens with zero attached hydrogens (tertiary/aromatic N) is 6. The molecule has 0 spiro atoms. The summed E-state index contributed by atoms with van der Waals surface area (Å²) in [5.74, 6) is 1.17. The van der Waals surface area contributed by atoms with Crippen molar-refractivity contribution in [3.8, 4) is 23.1 Å². The maximum atomic E-state index is 12.4. The van der Waals surface area contributed by atoms with E-state index in [9.17, 15) is 10.1 Å². The average molecular weight is 557 g/mol. The number of hydrogen-bond acceptors (Lipinski definition) is 9. The number of hydrogen-bond donors (Lipinski definition) is 0. The molecule has 0 radical (unpaired) electrons. The first-order chi connectivity index (χ1) is 19.7. The number of carbonyl (C=O) groups excluding carboxylic acids is 1. The quantitative estimate of drug-likeness (QED) is 0.402. The molecule has 2 saturated heterocycles. The summed E-state index contributed by atoms with van der Waals surface area (Å²) in [6, 6.07) is 13.7. The third kappa shape index (κ3) is 7.37. The molecule has 2 aliphatic heterocycles. The predicted octanol–water partition coefficient (Wildman–Crippen LogP) is 4.22. The fourth-order valence-electron chi connectivity index (χ4n) is 4.89. The minimum absolute atomic E-state index is 0.209. The Balaban J connectivity index is 1.20. The van der Waals surface area contributed by atoms with Crippen LogP contribution < -0.4 is 4.74 Å². The van der Waals surface area contributed by atoms with E-state index in [0.717, 1.165) is 42.1 Å². The van der Waals surface area contributed by atoms with E-state index in [1.807, 2.05) is 45.2 Å². The molecule has 214 valence electrons. The number of ether oxygens (including phenoxy) is 3. The van der Waals surface area contributed by atoms with Crippen LogP contribution in [0.25, 0.3) is 11.3 Å². The van der Waals surface area contributed by atoms with Gasteiger partial charge in [0, 0.05) is 64.1 Å². The molecule has 10 heteroatoms. The van der Waals surface area contributed by atoms with Crippen molar-refractivity contribution in [3.05, 3.63) is 71.4 Å². The Hall–Kier alpha value is -4.07. The Morgan fingerprint density at radius 2 is 1.93 bits per heavy atom. The molecule has 3 aromatic rings. The van der Waals surface area contributed by atoms with Crippen molar-refractivity contribution in [1.82, 2.24) is 24.8 Å². The zero-order valence-electron chi connectivity index (χ0n) is 24.0. The molecule has 1 amide bonds. The van der Waals surface area contributed by atoms with Crippen molar-refractivity contribution in [3.63, 3.8) is 0 Å². The molecule has 0 bridgehead atoms. The van der Waals surface area contributed by atoms with E-state index in [-0.39, 0.29) is 12.2 Å². The van der Waals surface area contributed by atoms with Crippen LogP contribution in [0.5, 0.6) is 5.75 Å². The Morgan fingerprint density at radius 1 is 1.10 bits per heavy atom. The second kappa shape index (κ2) is 12.2. The van der Waals surface area contributed by atoms with E-state index in [2.05, 4.69) is 27.0 Å². The molecule has 0 aliphatic carbocycles. The van der Waals surface area contributed by atoms with Gasteiger partial charge in [-0.25, -0.2) is 14.8 Å². The topological polar surface area (TPSA) is 114 Å². The van der Waals surface area contributed by atoms with Crippen LogP contribution in [-0.4, -0.2) is 81.9 Å². The third-order valence-corrected chi connectivity index (χ3v) is 7.08. The highest BCUT2D eigenvalue weighted by atomic mass is 16.6. The van der Waals surface area contributed by atoms with Crippen molar-refractivity contribution in [1.29, 1.82) is 5.26 Å². The Morgan fingerprint density at radius 3 is 2.63 bits per heavy atom. The van der Waals surface area contributed by atoms with Gasteiger partial charge in [-0.15, -0.1) is 0 Å². The van der Waals surface area contributed by atoms with Gasteiger partial charge >= 0.3 is 6.09 Å². The maximum absolute atomic E-state index is 12.4. The van der Waals surface area contributed by atoms with Crippen molar-refractivity contribution < 1.29 is 19.0 Å². The summed E-state index contributed by atoms with van der Waals surface area (Å²) >= 11 is 0. The molecule has 0 saturated carbocycles. The minimum Gasteiger partial charge on any atom is -0.487 e. The van der Waals surface area contributed by atoms with Crippen LogP contribution in [0.2, 0.25) is 0 Å². The van der Waals surface area contributed by atoms with Gasteiger partial charge in [-0.2, -0.15) is 5.26 Å². The van der Waals surface area contributed by atoms with E-state index in [1.165, 1.54) is 0 Å². The summed E-state index contributed by atoms with van der Waals surface area (Å²) < 4.78 is 16.9. The Labute approximate surface area is 240 Å². The highest BCUT2D eigenvalue weighted by molar-refractivity contribution is 5.68. The first-order valence-corrected chi connectivity index (χ1v) is 13.9. The standard InChI is InChI=1S/C31H36N6O4/c1-31(2,3)41-30(38)37-12-10-25(20-37)40-28-8-6-22(14-23(28)15-32)27-9-11-33-29(35-27)13-21-5-7-24(34-16-21)17-36-18-26(19-36)39-4/h5-9,11,14,16,25-26H,10,12-13,17-20H2,1-4H3/t25-/m1/s1. The summed E-state index contributed by atoms with van der Waals surface area (Å²) in [7, 11) is 1.75. The average Bonchev–Trinajstić information content (AvgIpc) is 3.40. The van der Waals surface area contributed by atoms with Crippen molar-refractivity contribution in [2.75, 3.05) is 33.3 Å². The van der Waals surface area contributed by atoms with E-state index in [0.29, 0.717) is 49.2 Å². The Kier molecular flexibility index (Phi) is 8.47. The molecule has 5 rings (SSSR count). The van der Waals surface area contributed by atoms with Crippen molar-refractivity contribution in [2.24, 2.45) is 0 Å². The first kappa shape index (κ1) is 28.5. The zero-order valence-corrected chi connectivity index (χ0v) is 24.0. The summed E-state index contributed by atoms with van der Waals surface area (Å²) in [5, 5.41) is 9.84. The molecular weight excluding hydrogens is 520 g/mol. The molecule has 4 heterocycles. The number of aromatic nitrogens is 3. The number of nitriles is 1. The molecule has 0 unspecified atom stereocenters. The van der Waals surface area contributed by atoms with Crippen LogP contribution in [0.3, 0.4) is 0 Å². The smallest absolute Gasteiger partial charge is 0.410 e. The number of rotatable bonds is 8. The van der Waals surface area contributed by atoms with Crippen LogP contribution in [0.4, 0.5) is 4.79 Å². The van der Waals surface area contributed by atoms with Crippen LogP contribution in [-0.2, 0) is 22.4 Å². The lowest BCUT2D eigenvalue weighted by molar-refractivity contribution is -0.0339. The lowest BCUT2D eigenvalue weighted by Gasteiger charge is -2.37. The minimum atomic E-state index is -0.551. The fourth-order valence-corrected chi connectivity index (χ4v) is 4.89. The van der Waals surface area contributed by atoms with Gasteiger partial charge < -0.3 is 19.1 Å². The second-order valence-electron chi connectivity index (χ2n) is 11.5. The van der Waals surface area contributed by atoms with Gasteiger partial charge in [-0.05, 0) is 56.7 Å². The maximum Gasteiger partial charge on any atom is 0.410 e. The normalized spacial score (nSPS) is 17.6. The first-order valence-electron chi connectivity index (χ1n) is 13.9. The molecule has 2 aliphatic rings. The van der Waals surface area contributed by atoms with E-state index in [4.69, 9.17) is 19.2 Å². The van der Waals surface area contributed by atoms with E-state index < -0.39 is 5.60 Å². The van der Waals surface area contributed by atoms with Gasteiger partial charge in [-0.3, -0.25) is 9.88 Å². The van der Waals surface area contributed by atoms with Crippen molar-refractivity contribution in [2.45, 2.75) is 58.0 Å². The monoisotopic (exact) mass is 556 g/mol. The summed E-state index contributed by atoms with van der Waals surface area (Å²) in [6.07, 6.45) is 4.61. The molecular formula is C31H36N6O4. The summed E-state index contributed by atoms with van der Waals surface area (Å²) in [4.78, 5) is 30.2. The number of benzene rings is 1. The van der Waals surface area contributed by atoms with E-state index in [1.54, 1.807) is 30.3 Å². The van der Waals surface area contributed by atoms with E-state index >= 15 is 0 Å². The van der Waals surface area contributed by atoms with Crippen LogP contribution in [0, 0.1) is 11.3 Å². The summed E-state index contributed by atoms with van der Waals surface area (Å²) in [5.41, 5.74) is 3.45. The highest BCUT2D eigenvalue weighted by Crippen LogP contribution is 2.28. The summed E-state index contributed by atoms with van der Waals surface area (Å²) in [6.45, 7) is 9.19. The zero-order chi connectivity index (χ0) is 29.0.